The molecule has 2 aromatic carbocycles. The molecule has 3 aromatic rings. The number of carbonyl (C=O) groups excluding carboxylic acids is 2. The van der Waals surface area contributed by atoms with Crippen LogP contribution < -0.4 is 20.1 Å². The van der Waals surface area contributed by atoms with E-state index >= 15 is 0 Å². The van der Waals surface area contributed by atoms with Crippen molar-refractivity contribution in [2.75, 3.05) is 26.1 Å². The van der Waals surface area contributed by atoms with Gasteiger partial charge >= 0.3 is 0 Å². The summed E-state index contributed by atoms with van der Waals surface area (Å²) in [6, 6.07) is 12.5. The number of halogens is 1. The summed E-state index contributed by atoms with van der Waals surface area (Å²) in [6.45, 7) is 0.410. The normalized spacial score (nSPS) is 10.7. The van der Waals surface area contributed by atoms with Gasteiger partial charge in [-0.25, -0.2) is 0 Å². The number of methoxy groups -OCH3 is 2. The van der Waals surface area contributed by atoms with Gasteiger partial charge in [0.1, 0.15) is 5.01 Å². The Morgan fingerprint density at radius 3 is 2.66 bits per heavy atom. The zero-order valence-electron chi connectivity index (χ0n) is 17.4. The number of nitrogens with zero attached hydrogens (tertiary/aromatic N) is 2. The van der Waals surface area contributed by atoms with Gasteiger partial charge in [-0.1, -0.05) is 39.4 Å². The molecule has 32 heavy (non-hydrogen) atoms. The number of nitrogens with one attached hydrogen (secondary N) is 2. The number of rotatable bonds is 9. The Hall–Kier alpha value is -3.24. The van der Waals surface area contributed by atoms with Gasteiger partial charge in [0, 0.05) is 29.1 Å². The SMILES string of the molecule is COc1ccc(/C=C/C(=O)Nc2nnc(CCNC(=O)c3cccc(Br)c3)s2)cc1OC. The molecule has 10 heteroatoms. The zero-order valence-corrected chi connectivity index (χ0v) is 19.8. The van der Waals surface area contributed by atoms with Crippen molar-refractivity contribution < 1.29 is 19.1 Å². The first-order chi connectivity index (χ1) is 15.5. The van der Waals surface area contributed by atoms with Crippen LogP contribution in [0.2, 0.25) is 0 Å². The van der Waals surface area contributed by atoms with Crippen LogP contribution in [0.3, 0.4) is 0 Å². The van der Waals surface area contributed by atoms with E-state index in [4.69, 9.17) is 9.47 Å². The minimum absolute atomic E-state index is 0.162. The van der Waals surface area contributed by atoms with Crippen molar-refractivity contribution in [3.63, 3.8) is 0 Å². The van der Waals surface area contributed by atoms with Crippen molar-refractivity contribution in [3.05, 3.63) is 69.1 Å². The predicted molar refractivity (Wildman–Crippen MR) is 127 cm³/mol. The van der Waals surface area contributed by atoms with Crippen LogP contribution >= 0.6 is 27.3 Å². The number of amides is 2. The molecule has 0 spiro atoms. The summed E-state index contributed by atoms with van der Waals surface area (Å²) in [5, 5.41) is 14.7. The molecule has 0 aliphatic rings. The van der Waals surface area contributed by atoms with Crippen LogP contribution in [-0.4, -0.2) is 42.8 Å². The van der Waals surface area contributed by atoms with Crippen molar-refractivity contribution in [1.29, 1.82) is 0 Å². The van der Waals surface area contributed by atoms with E-state index in [1.807, 2.05) is 12.1 Å². The fourth-order valence-electron chi connectivity index (χ4n) is 2.70. The van der Waals surface area contributed by atoms with Crippen molar-refractivity contribution in [3.8, 4) is 11.5 Å². The summed E-state index contributed by atoms with van der Waals surface area (Å²) in [5.41, 5.74) is 1.36. The number of anilines is 1. The van der Waals surface area contributed by atoms with Crippen LogP contribution in [0.5, 0.6) is 11.5 Å². The van der Waals surface area contributed by atoms with Crippen LogP contribution in [0.1, 0.15) is 20.9 Å². The van der Waals surface area contributed by atoms with Gasteiger partial charge in [0.05, 0.1) is 14.2 Å². The Bertz CT molecular complexity index is 1130. The van der Waals surface area contributed by atoms with Gasteiger partial charge in [0.2, 0.25) is 11.0 Å². The molecule has 0 aliphatic carbocycles. The molecule has 2 N–H and O–H groups in total. The number of ether oxygens (including phenoxy) is 2. The lowest BCUT2D eigenvalue weighted by atomic mass is 10.2. The zero-order chi connectivity index (χ0) is 22.9. The minimum atomic E-state index is -0.328. The molecule has 0 atom stereocenters. The average Bonchev–Trinajstić information content (AvgIpc) is 3.24. The molecule has 0 saturated heterocycles. The molecule has 8 nitrogen and oxygen atoms in total. The molecule has 0 saturated carbocycles. The highest BCUT2D eigenvalue weighted by atomic mass is 79.9. The molecule has 1 heterocycles. The maximum atomic E-state index is 12.2. The quantitative estimate of drug-likeness (QED) is 0.417. The second-order valence-corrected chi connectivity index (χ2v) is 8.43. The van der Waals surface area contributed by atoms with Gasteiger partial charge < -0.3 is 14.8 Å². The summed E-state index contributed by atoms with van der Waals surface area (Å²) in [4.78, 5) is 24.3. The first-order valence-electron chi connectivity index (χ1n) is 9.55. The van der Waals surface area contributed by atoms with Gasteiger partial charge in [0.25, 0.3) is 5.91 Å². The summed E-state index contributed by atoms with van der Waals surface area (Å²) in [7, 11) is 3.12. The van der Waals surface area contributed by atoms with Crippen LogP contribution in [0, 0.1) is 0 Å². The highest BCUT2D eigenvalue weighted by molar-refractivity contribution is 9.10. The van der Waals surface area contributed by atoms with Gasteiger partial charge in [0.15, 0.2) is 11.5 Å². The van der Waals surface area contributed by atoms with Crippen LogP contribution in [0.25, 0.3) is 6.08 Å². The maximum absolute atomic E-state index is 12.2. The largest absolute Gasteiger partial charge is 0.493 e. The maximum Gasteiger partial charge on any atom is 0.251 e. The lowest BCUT2D eigenvalue weighted by molar-refractivity contribution is -0.111. The predicted octanol–water partition coefficient (Wildman–Crippen LogP) is 3.94. The van der Waals surface area contributed by atoms with Crippen molar-refractivity contribution in [1.82, 2.24) is 15.5 Å². The van der Waals surface area contributed by atoms with Crippen molar-refractivity contribution in [2.24, 2.45) is 0 Å². The van der Waals surface area contributed by atoms with E-state index in [9.17, 15) is 9.59 Å². The number of hydrogen-bond acceptors (Lipinski definition) is 7. The second kappa shape index (κ2) is 11.4. The third-order valence-electron chi connectivity index (χ3n) is 4.24. The van der Waals surface area contributed by atoms with Crippen LogP contribution in [0.15, 0.2) is 53.0 Å². The third kappa shape index (κ3) is 6.63. The van der Waals surface area contributed by atoms with E-state index in [1.165, 1.54) is 17.4 Å². The highest BCUT2D eigenvalue weighted by Crippen LogP contribution is 2.28. The molecule has 166 valence electrons. The lowest BCUT2D eigenvalue weighted by Crippen LogP contribution is -2.25. The fraction of sp³-hybridized carbons (Fsp3) is 0.182. The summed E-state index contributed by atoms with van der Waals surface area (Å²) in [5.74, 6) is 0.703. The number of benzene rings is 2. The van der Waals surface area contributed by atoms with E-state index in [-0.39, 0.29) is 11.8 Å². The lowest BCUT2D eigenvalue weighted by Gasteiger charge is -2.07. The molecule has 0 unspecified atom stereocenters. The summed E-state index contributed by atoms with van der Waals surface area (Å²) < 4.78 is 11.3. The van der Waals surface area contributed by atoms with E-state index in [1.54, 1.807) is 50.6 Å². The second-order valence-electron chi connectivity index (χ2n) is 6.45. The monoisotopic (exact) mass is 516 g/mol. The summed E-state index contributed by atoms with van der Waals surface area (Å²) >= 11 is 4.61. The molecule has 0 fully saturated rings. The molecular weight excluding hydrogens is 496 g/mol. The Kier molecular flexibility index (Phi) is 8.34. The van der Waals surface area contributed by atoms with Crippen molar-refractivity contribution >= 4 is 50.3 Å². The summed E-state index contributed by atoms with van der Waals surface area (Å²) in [6.07, 6.45) is 3.58. The Morgan fingerprint density at radius 2 is 1.91 bits per heavy atom. The van der Waals surface area contributed by atoms with Crippen LogP contribution in [0.4, 0.5) is 5.13 Å². The fourth-order valence-corrected chi connectivity index (χ4v) is 3.84. The van der Waals surface area contributed by atoms with Gasteiger partial charge in [-0.2, -0.15) is 0 Å². The highest BCUT2D eigenvalue weighted by Gasteiger charge is 2.09. The van der Waals surface area contributed by atoms with E-state index in [0.29, 0.717) is 40.2 Å². The molecule has 2 amide bonds. The van der Waals surface area contributed by atoms with Gasteiger partial charge in [-0.15, -0.1) is 10.2 Å². The Balaban J connectivity index is 1.48. The standard InChI is InChI=1S/C22H21BrN4O4S/c1-30-17-8-6-14(12-18(17)31-2)7-9-19(28)25-22-27-26-20(32-22)10-11-24-21(29)15-4-3-5-16(23)13-15/h3-9,12-13H,10-11H2,1-2H3,(H,24,29)(H,25,27,28)/b9-7+. The molecule has 1 aromatic heterocycles. The molecule has 0 bridgehead atoms. The average molecular weight is 517 g/mol. The van der Waals surface area contributed by atoms with E-state index < -0.39 is 0 Å². The minimum Gasteiger partial charge on any atom is -0.493 e. The van der Waals surface area contributed by atoms with Gasteiger partial charge in [-0.3, -0.25) is 14.9 Å². The first kappa shape index (κ1) is 23.4. The van der Waals surface area contributed by atoms with E-state index in [2.05, 4.69) is 36.8 Å². The number of carbonyl (C=O) groups is 2. The Labute approximate surface area is 197 Å². The van der Waals surface area contributed by atoms with E-state index in [0.717, 1.165) is 10.0 Å². The van der Waals surface area contributed by atoms with Crippen molar-refractivity contribution in [2.45, 2.75) is 6.42 Å². The molecule has 0 aliphatic heterocycles. The van der Waals surface area contributed by atoms with Gasteiger partial charge in [-0.05, 0) is 42.0 Å². The van der Waals surface area contributed by atoms with Crippen LogP contribution in [-0.2, 0) is 11.2 Å². The molecule has 3 rings (SSSR count). The molecule has 0 radical (unpaired) electrons. The number of aromatic nitrogens is 2. The number of hydrogen-bond donors (Lipinski definition) is 2. The Morgan fingerprint density at radius 1 is 1.09 bits per heavy atom. The smallest absolute Gasteiger partial charge is 0.251 e. The topological polar surface area (TPSA) is 102 Å². The molecular formula is C22H21BrN4O4S. The third-order valence-corrected chi connectivity index (χ3v) is 5.63. The first-order valence-corrected chi connectivity index (χ1v) is 11.2.